The fourth-order valence-corrected chi connectivity index (χ4v) is 10.7. The van der Waals surface area contributed by atoms with Crippen LogP contribution in [0.25, 0.3) is 127 Å². The normalized spacial score (nSPS) is 11.9. The van der Waals surface area contributed by atoms with Gasteiger partial charge < -0.3 is 9.13 Å². The number of rotatable bonds is 6. The van der Waals surface area contributed by atoms with Crippen LogP contribution in [0.3, 0.4) is 0 Å². The maximum absolute atomic E-state index is 5.33. The molecule has 14 rings (SSSR count). The molecule has 14 aromatic rings. The second-order valence-electron chi connectivity index (χ2n) is 17.4. The van der Waals surface area contributed by atoms with Crippen LogP contribution in [0.4, 0.5) is 0 Å². The predicted molar refractivity (Wildman–Crippen MR) is 279 cm³/mol. The van der Waals surface area contributed by atoms with Crippen LogP contribution in [-0.4, -0.2) is 23.7 Å². The lowest BCUT2D eigenvalue weighted by Gasteiger charge is -2.14. The maximum atomic E-state index is 5.33. The molecule has 0 fully saturated rings. The molecule has 67 heavy (non-hydrogen) atoms. The van der Waals surface area contributed by atoms with Crippen LogP contribution in [-0.2, 0) is 0 Å². The first kappa shape index (κ1) is 37.3. The van der Waals surface area contributed by atoms with Crippen LogP contribution < -0.4 is 0 Å². The summed E-state index contributed by atoms with van der Waals surface area (Å²) in [6, 6.07) is 85.1. The van der Waals surface area contributed by atoms with Crippen molar-refractivity contribution in [2.45, 2.75) is 0 Å². The Balaban J connectivity index is 1.01. The minimum absolute atomic E-state index is 0.650. The van der Waals surface area contributed by atoms with Gasteiger partial charge in [0.2, 0.25) is 5.95 Å². The number of hydrogen-bond acceptors (Lipinski definition) is 2. The summed E-state index contributed by atoms with van der Waals surface area (Å²) in [5.74, 6) is 0.650. The van der Waals surface area contributed by atoms with Crippen molar-refractivity contribution < 1.29 is 0 Å². The Hall–Kier alpha value is -9.06. The molecule has 0 saturated carbocycles. The summed E-state index contributed by atoms with van der Waals surface area (Å²) in [5, 5.41) is 8.25. The molecule has 0 atom stereocenters. The summed E-state index contributed by atoms with van der Waals surface area (Å²) in [7, 11) is 0. The van der Waals surface area contributed by atoms with Gasteiger partial charge in [-0.15, -0.1) is 0 Å². The molecule has 0 aliphatic carbocycles. The van der Waals surface area contributed by atoms with Gasteiger partial charge in [-0.2, -0.15) is 0 Å². The number of para-hydroxylation sites is 4. The molecule has 0 radical (unpaired) electrons. The van der Waals surface area contributed by atoms with Crippen LogP contribution in [0.2, 0.25) is 0 Å². The zero-order chi connectivity index (χ0) is 44.0. The fourth-order valence-electron chi connectivity index (χ4n) is 10.7. The molecule has 4 aromatic heterocycles. The third-order valence-electron chi connectivity index (χ3n) is 13.6. The first-order valence-corrected chi connectivity index (χ1v) is 22.8. The maximum Gasteiger partial charge on any atom is 0.235 e. The van der Waals surface area contributed by atoms with Crippen LogP contribution in [0.15, 0.2) is 237 Å². The van der Waals surface area contributed by atoms with Gasteiger partial charge in [0.1, 0.15) is 0 Å². The third kappa shape index (κ3) is 5.75. The van der Waals surface area contributed by atoms with E-state index in [-0.39, 0.29) is 0 Å². The summed E-state index contributed by atoms with van der Waals surface area (Å²) in [6.07, 6.45) is 0. The Morgan fingerprint density at radius 1 is 0.254 bits per heavy atom. The quantitative estimate of drug-likeness (QED) is 0.167. The highest BCUT2D eigenvalue weighted by molar-refractivity contribution is 6.29. The molecule has 4 heterocycles. The largest absolute Gasteiger partial charge is 0.309 e. The lowest BCUT2D eigenvalue weighted by Crippen LogP contribution is -2.03. The molecule has 0 aliphatic heterocycles. The van der Waals surface area contributed by atoms with E-state index >= 15 is 0 Å². The van der Waals surface area contributed by atoms with Gasteiger partial charge >= 0.3 is 0 Å². The molecule has 0 amide bonds. The van der Waals surface area contributed by atoms with Gasteiger partial charge in [0.25, 0.3) is 0 Å². The number of benzene rings is 10. The van der Waals surface area contributed by atoms with Gasteiger partial charge in [0, 0.05) is 54.6 Å². The van der Waals surface area contributed by atoms with E-state index in [4.69, 9.17) is 9.97 Å². The van der Waals surface area contributed by atoms with Crippen molar-refractivity contribution in [3.63, 3.8) is 0 Å². The van der Waals surface area contributed by atoms with Gasteiger partial charge in [0.05, 0.1) is 44.3 Å². The molecule has 0 aliphatic rings. The third-order valence-corrected chi connectivity index (χ3v) is 13.6. The molecule has 0 unspecified atom stereocenters. The zero-order valence-electron chi connectivity index (χ0n) is 36.3. The number of aromatic nitrogens is 5. The molecule has 0 spiro atoms. The van der Waals surface area contributed by atoms with Gasteiger partial charge in [-0.25, -0.2) is 9.97 Å². The summed E-state index contributed by atoms with van der Waals surface area (Å²) in [5.41, 5.74) is 16.6. The van der Waals surface area contributed by atoms with Gasteiger partial charge in [-0.05, 0) is 95.1 Å². The van der Waals surface area contributed by atoms with E-state index in [2.05, 4.69) is 244 Å². The summed E-state index contributed by atoms with van der Waals surface area (Å²) in [4.78, 5) is 10.6. The van der Waals surface area contributed by atoms with Crippen molar-refractivity contribution >= 4 is 76.3 Å². The van der Waals surface area contributed by atoms with Crippen molar-refractivity contribution in [1.82, 2.24) is 23.7 Å². The van der Waals surface area contributed by atoms with Crippen LogP contribution in [0.1, 0.15) is 0 Å². The Bertz CT molecular complexity index is 4200. The Morgan fingerprint density at radius 2 is 0.701 bits per heavy atom. The molecule has 312 valence electrons. The van der Waals surface area contributed by atoms with Crippen molar-refractivity contribution in [1.29, 1.82) is 0 Å². The molecule has 10 aromatic carbocycles. The molecular formula is C62H39N5. The highest BCUT2D eigenvalue weighted by atomic mass is 15.2. The van der Waals surface area contributed by atoms with E-state index in [0.29, 0.717) is 5.95 Å². The fraction of sp³-hybridized carbons (Fsp3) is 0. The molecule has 0 saturated heterocycles. The van der Waals surface area contributed by atoms with Crippen LogP contribution >= 0.6 is 0 Å². The van der Waals surface area contributed by atoms with Gasteiger partial charge in [-0.3, -0.25) is 4.57 Å². The Labute approximate surface area is 385 Å². The highest BCUT2D eigenvalue weighted by Crippen LogP contribution is 2.44. The Kier molecular flexibility index (Phi) is 8.21. The number of hydrogen-bond donors (Lipinski definition) is 0. The molecule has 0 N–H and O–H groups in total. The number of nitrogens with zero attached hydrogens (tertiary/aromatic N) is 5. The summed E-state index contributed by atoms with van der Waals surface area (Å²) >= 11 is 0. The monoisotopic (exact) mass is 853 g/mol. The van der Waals surface area contributed by atoms with E-state index in [1.165, 1.54) is 54.8 Å². The molecule has 5 nitrogen and oxygen atoms in total. The SMILES string of the molecule is c1ccc(-c2cc(-c3ccccc3)cc(-n3c4ccccc4c4c5c6ccccc6n(-c6ccc7c(c6)c6ccccc6n7-c6nc(-c7ccccc7)c7ccccc7n6)c5ccc43)c2)cc1. The lowest BCUT2D eigenvalue weighted by molar-refractivity contribution is 1.01. The minimum Gasteiger partial charge on any atom is -0.309 e. The van der Waals surface area contributed by atoms with E-state index in [1.807, 2.05) is 6.07 Å². The number of fused-ring (bicyclic) bond motifs is 11. The van der Waals surface area contributed by atoms with E-state index in [0.717, 1.165) is 66.4 Å². The first-order valence-electron chi connectivity index (χ1n) is 22.8. The van der Waals surface area contributed by atoms with Crippen molar-refractivity contribution in [3.05, 3.63) is 237 Å². The first-order chi connectivity index (χ1) is 33.2. The topological polar surface area (TPSA) is 40.6 Å². The van der Waals surface area contributed by atoms with Crippen LogP contribution in [0.5, 0.6) is 0 Å². The lowest BCUT2D eigenvalue weighted by atomic mass is 9.98. The van der Waals surface area contributed by atoms with E-state index in [1.54, 1.807) is 0 Å². The molecule has 5 heteroatoms. The predicted octanol–water partition coefficient (Wildman–Crippen LogP) is 15.9. The summed E-state index contributed by atoms with van der Waals surface area (Å²) < 4.78 is 7.15. The van der Waals surface area contributed by atoms with Crippen LogP contribution in [0, 0.1) is 0 Å². The zero-order valence-corrected chi connectivity index (χ0v) is 36.3. The minimum atomic E-state index is 0.650. The average molecular weight is 854 g/mol. The second-order valence-corrected chi connectivity index (χ2v) is 17.4. The van der Waals surface area contributed by atoms with E-state index in [9.17, 15) is 0 Å². The summed E-state index contributed by atoms with van der Waals surface area (Å²) in [6.45, 7) is 0. The van der Waals surface area contributed by atoms with Crippen molar-refractivity contribution in [2.24, 2.45) is 0 Å². The second kappa shape index (κ2) is 14.7. The smallest absolute Gasteiger partial charge is 0.235 e. The molecule has 0 bridgehead atoms. The Morgan fingerprint density at radius 3 is 1.30 bits per heavy atom. The van der Waals surface area contributed by atoms with Gasteiger partial charge in [-0.1, -0.05) is 164 Å². The van der Waals surface area contributed by atoms with Crippen molar-refractivity contribution in [2.75, 3.05) is 0 Å². The van der Waals surface area contributed by atoms with Gasteiger partial charge in [0.15, 0.2) is 0 Å². The highest BCUT2D eigenvalue weighted by Gasteiger charge is 2.23. The standard InChI is InChI=1S/C62H39N5/c1-4-18-40(19-5-1)43-36-44(41-20-6-2-7-21-41)38-46(37-43)66-55-31-17-13-27-50(55)60-58(66)35-34-57-59(60)49-26-12-16-30-54(49)65(57)45-32-33-56-51(39-45)47-24-11-15-29-53(47)67(56)62-63-52-28-14-10-25-48(52)61(64-62)42-22-8-3-9-23-42/h1-39H. The van der Waals surface area contributed by atoms with Crippen molar-refractivity contribution in [3.8, 4) is 50.8 Å². The molecular weight excluding hydrogens is 815 g/mol. The van der Waals surface area contributed by atoms with E-state index < -0.39 is 0 Å². The average Bonchev–Trinajstić information content (AvgIpc) is 4.04.